The fourth-order valence-electron chi connectivity index (χ4n) is 3.49. The molecule has 1 aromatic carbocycles. The van der Waals surface area contributed by atoms with Crippen molar-refractivity contribution in [2.24, 2.45) is 0 Å². The van der Waals surface area contributed by atoms with E-state index in [0.29, 0.717) is 11.5 Å². The molecular formula is C20H24N4O2. The SMILES string of the molecule is Cc1cc(NC(=O)C(=O)N2C(c3ccccc3)CCC[C@H]2C)cnc1N. The monoisotopic (exact) mass is 352 g/mol. The molecule has 3 rings (SSSR count). The fourth-order valence-corrected chi connectivity index (χ4v) is 3.49. The van der Waals surface area contributed by atoms with Crippen LogP contribution in [0.5, 0.6) is 0 Å². The molecule has 1 saturated heterocycles. The summed E-state index contributed by atoms with van der Waals surface area (Å²) in [7, 11) is 0. The number of piperidine rings is 1. The molecular weight excluding hydrogens is 328 g/mol. The third-order valence-corrected chi connectivity index (χ3v) is 4.90. The van der Waals surface area contributed by atoms with Gasteiger partial charge in [-0.1, -0.05) is 30.3 Å². The van der Waals surface area contributed by atoms with Crippen LogP contribution in [0.25, 0.3) is 0 Å². The topological polar surface area (TPSA) is 88.3 Å². The minimum atomic E-state index is -0.648. The Morgan fingerprint density at radius 1 is 1.23 bits per heavy atom. The number of nitrogen functional groups attached to an aromatic ring is 1. The quantitative estimate of drug-likeness (QED) is 0.813. The average molecular weight is 352 g/mol. The highest BCUT2D eigenvalue weighted by atomic mass is 16.2. The number of carbonyl (C=O) groups is 2. The van der Waals surface area contributed by atoms with Gasteiger partial charge in [-0.2, -0.15) is 0 Å². The minimum absolute atomic E-state index is 0.0125. The van der Waals surface area contributed by atoms with Gasteiger partial charge < -0.3 is 16.0 Å². The van der Waals surface area contributed by atoms with Gasteiger partial charge in [0.2, 0.25) is 0 Å². The number of anilines is 2. The molecule has 6 heteroatoms. The van der Waals surface area contributed by atoms with Crippen molar-refractivity contribution in [2.45, 2.75) is 45.2 Å². The van der Waals surface area contributed by atoms with Crippen LogP contribution in [0.15, 0.2) is 42.6 Å². The lowest BCUT2D eigenvalue weighted by Gasteiger charge is -2.40. The number of aryl methyl sites for hydroxylation is 1. The highest BCUT2D eigenvalue weighted by Gasteiger charge is 2.35. The maximum Gasteiger partial charge on any atom is 0.313 e. The molecule has 2 atom stereocenters. The molecule has 1 fully saturated rings. The molecule has 2 aromatic rings. The Morgan fingerprint density at radius 3 is 2.65 bits per heavy atom. The molecule has 0 radical (unpaired) electrons. The summed E-state index contributed by atoms with van der Waals surface area (Å²) in [6, 6.07) is 11.5. The van der Waals surface area contributed by atoms with E-state index in [-0.39, 0.29) is 12.1 Å². The number of nitrogens with one attached hydrogen (secondary N) is 1. The number of pyridine rings is 1. The molecule has 6 nitrogen and oxygen atoms in total. The smallest absolute Gasteiger partial charge is 0.313 e. The third kappa shape index (κ3) is 3.69. The van der Waals surface area contributed by atoms with Gasteiger partial charge in [0.15, 0.2) is 0 Å². The van der Waals surface area contributed by atoms with E-state index in [4.69, 9.17) is 5.73 Å². The van der Waals surface area contributed by atoms with E-state index in [1.807, 2.05) is 37.3 Å². The Balaban J connectivity index is 1.80. The van der Waals surface area contributed by atoms with Crippen LogP contribution in [0, 0.1) is 6.92 Å². The number of hydrogen-bond donors (Lipinski definition) is 2. The van der Waals surface area contributed by atoms with E-state index >= 15 is 0 Å². The maximum absolute atomic E-state index is 12.9. The summed E-state index contributed by atoms with van der Waals surface area (Å²) in [6.07, 6.45) is 4.25. The first-order valence-electron chi connectivity index (χ1n) is 8.88. The molecule has 1 aliphatic heterocycles. The molecule has 2 amide bonds. The number of carbonyl (C=O) groups excluding carboxylic acids is 2. The van der Waals surface area contributed by atoms with Gasteiger partial charge in [-0.15, -0.1) is 0 Å². The lowest BCUT2D eigenvalue weighted by molar-refractivity contribution is -0.148. The maximum atomic E-state index is 12.9. The van der Waals surface area contributed by atoms with E-state index in [2.05, 4.69) is 10.3 Å². The number of benzene rings is 1. The fraction of sp³-hybridized carbons (Fsp3) is 0.350. The lowest BCUT2D eigenvalue weighted by atomic mass is 9.91. The molecule has 0 bridgehead atoms. The Morgan fingerprint density at radius 2 is 1.96 bits per heavy atom. The number of amides is 2. The van der Waals surface area contributed by atoms with Crippen molar-refractivity contribution in [2.75, 3.05) is 11.1 Å². The Hall–Kier alpha value is -2.89. The van der Waals surface area contributed by atoms with E-state index in [9.17, 15) is 9.59 Å². The lowest BCUT2D eigenvalue weighted by Crippen LogP contribution is -2.48. The molecule has 2 heterocycles. The molecule has 1 unspecified atom stereocenters. The number of likely N-dealkylation sites (tertiary alicyclic amines) is 1. The van der Waals surface area contributed by atoms with Crippen LogP contribution >= 0.6 is 0 Å². The second-order valence-corrected chi connectivity index (χ2v) is 6.80. The van der Waals surface area contributed by atoms with Crippen LogP contribution in [0.4, 0.5) is 11.5 Å². The average Bonchev–Trinajstić information content (AvgIpc) is 2.64. The number of rotatable bonds is 2. The predicted octanol–water partition coefficient (Wildman–Crippen LogP) is 3.05. The number of hydrogen-bond acceptors (Lipinski definition) is 4. The van der Waals surface area contributed by atoms with Gasteiger partial charge in [0.25, 0.3) is 0 Å². The molecule has 136 valence electrons. The second kappa shape index (κ2) is 7.56. The second-order valence-electron chi connectivity index (χ2n) is 6.80. The van der Waals surface area contributed by atoms with Gasteiger partial charge in [0.1, 0.15) is 5.82 Å². The van der Waals surface area contributed by atoms with Crippen molar-refractivity contribution in [1.29, 1.82) is 0 Å². The van der Waals surface area contributed by atoms with Gasteiger partial charge in [-0.3, -0.25) is 9.59 Å². The summed E-state index contributed by atoms with van der Waals surface area (Å²) in [5, 5.41) is 2.65. The van der Waals surface area contributed by atoms with E-state index in [0.717, 1.165) is 30.4 Å². The molecule has 26 heavy (non-hydrogen) atoms. The van der Waals surface area contributed by atoms with Crippen molar-refractivity contribution in [3.63, 3.8) is 0 Å². The Bertz CT molecular complexity index is 807. The zero-order chi connectivity index (χ0) is 18.7. The largest absolute Gasteiger partial charge is 0.383 e. The van der Waals surface area contributed by atoms with Crippen molar-refractivity contribution in [3.8, 4) is 0 Å². The van der Waals surface area contributed by atoms with Crippen molar-refractivity contribution >= 4 is 23.3 Å². The van der Waals surface area contributed by atoms with E-state index in [1.54, 1.807) is 17.9 Å². The van der Waals surface area contributed by atoms with Gasteiger partial charge in [-0.25, -0.2) is 4.98 Å². The highest BCUT2D eigenvalue weighted by molar-refractivity contribution is 6.39. The Labute approximate surface area is 153 Å². The molecule has 0 saturated carbocycles. The van der Waals surface area contributed by atoms with Crippen LogP contribution in [0.3, 0.4) is 0 Å². The zero-order valence-corrected chi connectivity index (χ0v) is 15.1. The van der Waals surface area contributed by atoms with Crippen molar-refractivity contribution in [1.82, 2.24) is 9.88 Å². The zero-order valence-electron chi connectivity index (χ0n) is 15.1. The summed E-state index contributed by atoms with van der Waals surface area (Å²) in [5.74, 6) is -0.755. The molecule has 1 aliphatic rings. The molecule has 0 aliphatic carbocycles. The first-order valence-corrected chi connectivity index (χ1v) is 8.88. The third-order valence-electron chi connectivity index (χ3n) is 4.90. The highest BCUT2D eigenvalue weighted by Crippen LogP contribution is 2.34. The summed E-state index contributed by atoms with van der Waals surface area (Å²) < 4.78 is 0. The van der Waals surface area contributed by atoms with Crippen molar-refractivity contribution < 1.29 is 9.59 Å². The molecule has 3 N–H and O–H groups in total. The summed E-state index contributed by atoms with van der Waals surface area (Å²) in [4.78, 5) is 31.2. The van der Waals surface area contributed by atoms with E-state index < -0.39 is 11.8 Å². The molecule has 0 spiro atoms. The van der Waals surface area contributed by atoms with Gasteiger partial charge in [0.05, 0.1) is 17.9 Å². The summed E-state index contributed by atoms with van der Waals surface area (Å²) in [6.45, 7) is 3.80. The number of nitrogens with zero attached hydrogens (tertiary/aromatic N) is 2. The number of nitrogens with two attached hydrogens (primary N) is 1. The van der Waals surface area contributed by atoms with Crippen LogP contribution in [-0.4, -0.2) is 27.7 Å². The standard InChI is InChI=1S/C20H24N4O2/c1-13-11-16(12-22-18(13)21)23-19(25)20(26)24-14(2)7-6-10-17(24)15-8-4-3-5-9-15/h3-5,8-9,11-12,14,17H,6-7,10H2,1-2H3,(H2,21,22)(H,23,25)/t14-,17?/m1/s1. The minimum Gasteiger partial charge on any atom is -0.383 e. The van der Waals surface area contributed by atoms with Crippen LogP contribution < -0.4 is 11.1 Å². The van der Waals surface area contributed by atoms with E-state index in [1.165, 1.54) is 6.20 Å². The van der Waals surface area contributed by atoms with Gasteiger partial charge >= 0.3 is 11.8 Å². The number of aromatic nitrogens is 1. The Kier molecular flexibility index (Phi) is 5.21. The van der Waals surface area contributed by atoms with Crippen LogP contribution in [0.2, 0.25) is 0 Å². The van der Waals surface area contributed by atoms with Crippen molar-refractivity contribution in [3.05, 3.63) is 53.7 Å². The normalized spacial score (nSPS) is 19.8. The molecule has 1 aromatic heterocycles. The van der Waals surface area contributed by atoms with Crippen LogP contribution in [0.1, 0.15) is 43.4 Å². The first kappa shape index (κ1) is 17.9. The van der Waals surface area contributed by atoms with Gasteiger partial charge in [-0.05, 0) is 50.3 Å². The van der Waals surface area contributed by atoms with Gasteiger partial charge in [0, 0.05) is 6.04 Å². The summed E-state index contributed by atoms with van der Waals surface area (Å²) >= 11 is 0. The van der Waals surface area contributed by atoms with Crippen LogP contribution in [-0.2, 0) is 9.59 Å². The summed E-state index contributed by atoms with van der Waals surface area (Å²) in [5.41, 5.74) is 7.98. The predicted molar refractivity (Wildman–Crippen MR) is 101 cm³/mol. The first-order chi connectivity index (χ1) is 12.5.